The molecule has 2 fully saturated rings. The van der Waals surface area contributed by atoms with Crippen molar-refractivity contribution in [2.24, 2.45) is 11.8 Å². The van der Waals surface area contributed by atoms with Crippen molar-refractivity contribution in [3.8, 4) is 0 Å². The van der Waals surface area contributed by atoms with Crippen LogP contribution in [0, 0.1) is 11.8 Å². The molecule has 2 rings (SSSR count). The minimum absolute atomic E-state index is 0.0362. The number of nitrogens with one attached hydrogen (secondary N) is 1. The lowest BCUT2D eigenvalue weighted by molar-refractivity contribution is -0.155. The lowest BCUT2D eigenvalue weighted by Gasteiger charge is -2.46. The van der Waals surface area contributed by atoms with Gasteiger partial charge in [-0.2, -0.15) is 0 Å². The molecule has 4 nitrogen and oxygen atoms in total. The first-order valence-corrected chi connectivity index (χ1v) is 8.62. The van der Waals surface area contributed by atoms with Gasteiger partial charge in [-0.05, 0) is 43.9 Å². The van der Waals surface area contributed by atoms with Crippen LogP contribution in [-0.4, -0.2) is 34.8 Å². The fourth-order valence-corrected chi connectivity index (χ4v) is 3.90. The number of carbonyl (C=O) groups excluding carboxylic acids is 2. The summed E-state index contributed by atoms with van der Waals surface area (Å²) in [5, 5.41) is 2.91. The average Bonchev–Trinajstić information content (AvgIpc) is 2.48. The molecule has 1 aliphatic carbocycles. The molecule has 21 heavy (non-hydrogen) atoms. The summed E-state index contributed by atoms with van der Waals surface area (Å²) in [6.07, 6.45) is 6.39. The maximum atomic E-state index is 12.8. The molecule has 0 aromatic heterocycles. The second kappa shape index (κ2) is 6.80. The lowest BCUT2D eigenvalue weighted by Crippen LogP contribution is -2.67. The first kappa shape index (κ1) is 16.3. The summed E-state index contributed by atoms with van der Waals surface area (Å²) < 4.78 is 0. The van der Waals surface area contributed by atoms with Gasteiger partial charge in [0.05, 0.1) is 0 Å². The maximum absolute atomic E-state index is 12.8. The zero-order valence-corrected chi connectivity index (χ0v) is 13.9. The highest BCUT2D eigenvalue weighted by molar-refractivity contribution is 5.97. The van der Waals surface area contributed by atoms with Crippen molar-refractivity contribution in [3.63, 3.8) is 0 Å². The van der Waals surface area contributed by atoms with Crippen molar-refractivity contribution in [3.05, 3.63) is 0 Å². The van der Waals surface area contributed by atoms with E-state index >= 15 is 0 Å². The zero-order chi connectivity index (χ0) is 15.6. The van der Waals surface area contributed by atoms with Crippen LogP contribution in [0.5, 0.6) is 0 Å². The summed E-state index contributed by atoms with van der Waals surface area (Å²) in [7, 11) is 0. The Balaban J connectivity index is 2.18. The van der Waals surface area contributed by atoms with Crippen molar-refractivity contribution < 1.29 is 9.59 Å². The quantitative estimate of drug-likeness (QED) is 0.866. The SMILES string of the molecule is CCC1CCC(N2C(=O)C(CC)NC(=O)C2C(C)C)CC1. The maximum Gasteiger partial charge on any atom is 0.246 e. The molecule has 4 heteroatoms. The van der Waals surface area contributed by atoms with E-state index in [4.69, 9.17) is 0 Å². The van der Waals surface area contributed by atoms with E-state index in [1.165, 1.54) is 19.3 Å². The minimum Gasteiger partial charge on any atom is -0.343 e. The van der Waals surface area contributed by atoms with Gasteiger partial charge in [0.25, 0.3) is 0 Å². The molecular formula is C17H30N2O2. The Bertz CT molecular complexity index is 386. The van der Waals surface area contributed by atoms with Gasteiger partial charge in [-0.15, -0.1) is 0 Å². The molecule has 120 valence electrons. The Labute approximate surface area is 128 Å². The molecule has 1 saturated heterocycles. The van der Waals surface area contributed by atoms with Crippen molar-refractivity contribution in [1.82, 2.24) is 10.2 Å². The van der Waals surface area contributed by atoms with Gasteiger partial charge in [-0.25, -0.2) is 0 Å². The fraction of sp³-hybridized carbons (Fsp3) is 0.882. The summed E-state index contributed by atoms with van der Waals surface area (Å²) in [4.78, 5) is 27.1. The molecule has 1 N–H and O–H groups in total. The Kier molecular flexibility index (Phi) is 5.28. The minimum atomic E-state index is -0.323. The lowest BCUT2D eigenvalue weighted by atomic mass is 9.82. The fourth-order valence-electron chi connectivity index (χ4n) is 3.90. The van der Waals surface area contributed by atoms with Crippen LogP contribution in [0.2, 0.25) is 0 Å². The van der Waals surface area contributed by atoms with E-state index in [0.29, 0.717) is 6.42 Å². The van der Waals surface area contributed by atoms with Gasteiger partial charge in [-0.1, -0.05) is 34.1 Å². The monoisotopic (exact) mass is 294 g/mol. The number of hydrogen-bond acceptors (Lipinski definition) is 2. The second-order valence-corrected chi connectivity index (χ2v) is 6.99. The summed E-state index contributed by atoms with van der Waals surface area (Å²) in [6.45, 7) is 8.28. The molecular weight excluding hydrogens is 264 g/mol. The Hall–Kier alpha value is -1.06. The van der Waals surface area contributed by atoms with Crippen molar-refractivity contribution in [2.45, 2.75) is 84.3 Å². The summed E-state index contributed by atoms with van der Waals surface area (Å²) in [5.74, 6) is 1.13. The van der Waals surface area contributed by atoms with Crippen molar-refractivity contribution in [1.29, 1.82) is 0 Å². The molecule has 0 bridgehead atoms. The predicted octanol–water partition coefficient (Wildman–Crippen LogP) is 2.72. The van der Waals surface area contributed by atoms with Crippen LogP contribution in [0.15, 0.2) is 0 Å². The predicted molar refractivity (Wildman–Crippen MR) is 83.7 cm³/mol. The molecule has 1 saturated carbocycles. The van der Waals surface area contributed by atoms with Crippen molar-refractivity contribution >= 4 is 11.8 Å². The third-order valence-corrected chi connectivity index (χ3v) is 5.26. The first-order valence-electron chi connectivity index (χ1n) is 8.62. The van der Waals surface area contributed by atoms with E-state index in [2.05, 4.69) is 12.2 Å². The average molecular weight is 294 g/mol. The van der Waals surface area contributed by atoms with Gasteiger partial charge in [0.15, 0.2) is 0 Å². The smallest absolute Gasteiger partial charge is 0.246 e. The van der Waals surface area contributed by atoms with E-state index in [0.717, 1.165) is 18.8 Å². The van der Waals surface area contributed by atoms with E-state index in [1.807, 2.05) is 25.7 Å². The van der Waals surface area contributed by atoms with E-state index in [1.54, 1.807) is 0 Å². The summed E-state index contributed by atoms with van der Waals surface area (Å²) in [5.41, 5.74) is 0. The molecule has 0 aromatic carbocycles. The third-order valence-electron chi connectivity index (χ3n) is 5.26. The molecule has 2 amide bonds. The molecule has 0 aromatic rings. The molecule has 0 spiro atoms. The van der Waals surface area contributed by atoms with Crippen LogP contribution in [0.4, 0.5) is 0 Å². The normalized spacial score (nSPS) is 34.2. The van der Waals surface area contributed by atoms with Crippen LogP contribution < -0.4 is 5.32 Å². The van der Waals surface area contributed by atoms with Crippen LogP contribution in [0.25, 0.3) is 0 Å². The molecule has 2 atom stereocenters. The highest BCUT2D eigenvalue weighted by Crippen LogP contribution is 2.33. The highest BCUT2D eigenvalue weighted by atomic mass is 16.2. The highest BCUT2D eigenvalue weighted by Gasteiger charge is 2.44. The second-order valence-electron chi connectivity index (χ2n) is 6.99. The zero-order valence-electron chi connectivity index (χ0n) is 13.9. The standard InChI is InChI=1S/C17H30N2O2/c1-5-12-7-9-13(10-8-12)19-15(11(3)4)16(20)18-14(6-2)17(19)21/h11-15H,5-10H2,1-4H3,(H,18,20). The van der Waals surface area contributed by atoms with Crippen molar-refractivity contribution in [2.75, 3.05) is 0 Å². The topological polar surface area (TPSA) is 49.4 Å². The molecule has 1 aliphatic heterocycles. The summed E-state index contributed by atoms with van der Waals surface area (Å²) in [6, 6.07) is -0.354. The van der Waals surface area contributed by atoms with Gasteiger partial charge in [0.1, 0.15) is 12.1 Å². The number of nitrogens with zero attached hydrogens (tertiary/aromatic N) is 1. The number of amides is 2. The largest absolute Gasteiger partial charge is 0.343 e. The molecule has 0 radical (unpaired) electrons. The van der Waals surface area contributed by atoms with E-state index in [-0.39, 0.29) is 35.9 Å². The van der Waals surface area contributed by atoms with Gasteiger partial charge < -0.3 is 10.2 Å². The van der Waals surface area contributed by atoms with Crippen LogP contribution in [0.1, 0.15) is 66.2 Å². The van der Waals surface area contributed by atoms with E-state index in [9.17, 15) is 9.59 Å². The number of piperazine rings is 1. The molecule has 1 heterocycles. The van der Waals surface area contributed by atoms with E-state index < -0.39 is 0 Å². The Morgan fingerprint density at radius 1 is 1.10 bits per heavy atom. The first-order chi connectivity index (χ1) is 9.99. The van der Waals surface area contributed by atoms with Gasteiger partial charge in [0.2, 0.25) is 11.8 Å². The summed E-state index contributed by atoms with van der Waals surface area (Å²) >= 11 is 0. The number of carbonyl (C=O) groups is 2. The number of hydrogen-bond donors (Lipinski definition) is 1. The Morgan fingerprint density at radius 2 is 1.71 bits per heavy atom. The van der Waals surface area contributed by atoms with Crippen LogP contribution >= 0.6 is 0 Å². The van der Waals surface area contributed by atoms with Gasteiger partial charge in [-0.3, -0.25) is 9.59 Å². The van der Waals surface area contributed by atoms with Crippen LogP contribution in [-0.2, 0) is 9.59 Å². The Morgan fingerprint density at radius 3 is 2.19 bits per heavy atom. The molecule has 2 unspecified atom stereocenters. The third kappa shape index (κ3) is 3.24. The van der Waals surface area contributed by atoms with Gasteiger partial charge in [0, 0.05) is 6.04 Å². The molecule has 2 aliphatic rings. The van der Waals surface area contributed by atoms with Gasteiger partial charge >= 0.3 is 0 Å². The number of rotatable bonds is 4. The van der Waals surface area contributed by atoms with Crippen LogP contribution in [0.3, 0.4) is 0 Å².